The average Bonchev–Trinajstić information content (AvgIpc) is 2.61. The zero-order valence-corrected chi connectivity index (χ0v) is 14.6. The molecule has 1 saturated heterocycles. The molecule has 25 heavy (non-hydrogen) atoms. The van der Waals surface area contributed by atoms with E-state index in [1.807, 2.05) is 0 Å². The van der Waals surface area contributed by atoms with E-state index >= 15 is 0 Å². The quantitative estimate of drug-likeness (QED) is 0.583. The molecule has 0 aromatic heterocycles. The zero-order valence-electron chi connectivity index (χ0n) is 13.8. The summed E-state index contributed by atoms with van der Waals surface area (Å²) in [4.78, 5) is 37.3. The molecule has 0 aliphatic carbocycles. The number of hydrogen-bond acceptors (Lipinski definition) is 5. The van der Waals surface area contributed by atoms with Crippen molar-refractivity contribution < 1.29 is 23.5 Å². The van der Waals surface area contributed by atoms with Crippen molar-refractivity contribution in [3.63, 3.8) is 0 Å². The topological polar surface area (TPSA) is 89.7 Å². The van der Waals surface area contributed by atoms with Gasteiger partial charge in [0.2, 0.25) is 5.91 Å². The van der Waals surface area contributed by atoms with Gasteiger partial charge in [0.25, 0.3) is 5.91 Å². The number of amides is 2. The van der Waals surface area contributed by atoms with Gasteiger partial charge in [-0.05, 0) is 37.1 Å². The van der Waals surface area contributed by atoms with Crippen LogP contribution in [0.4, 0.5) is 4.39 Å². The van der Waals surface area contributed by atoms with E-state index in [9.17, 15) is 18.8 Å². The zero-order chi connectivity index (χ0) is 18.2. The maximum absolute atomic E-state index is 12.8. The highest BCUT2D eigenvalue weighted by molar-refractivity contribution is 7.99. The summed E-state index contributed by atoms with van der Waals surface area (Å²) in [5, 5.41) is 0. The average molecular weight is 368 g/mol. The molecule has 2 amide bonds. The molecule has 0 unspecified atom stereocenters. The van der Waals surface area contributed by atoms with Crippen LogP contribution in [0, 0.1) is 11.7 Å². The molecule has 0 saturated carbocycles. The number of carbonyl (C=O) groups is 3. The highest BCUT2D eigenvalue weighted by Crippen LogP contribution is 2.19. The van der Waals surface area contributed by atoms with E-state index in [0.29, 0.717) is 25.1 Å². The lowest BCUT2D eigenvalue weighted by molar-refractivity contribution is -0.152. The summed E-state index contributed by atoms with van der Waals surface area (Å²) in [6.45, 7) is 0.498. The molecule has 0 spiro atoms. The Balaban J connectivity index is 1.66. The molecule has 6 nitrogen and oxygen atoms in total. The molecule has 1 aliphatic heterocycles. The Kier molecular flexibility index (Phi) is 7.24. The summed E-state index contributed by atoms with van der Waals surface area (Å²) in [7, 11) is 0. The van der Waals surface area contributed by atoms with Gasteiger partial charge in [-0.2, -0.15) is 0 Å². The van der Waals surface area contributed by atoms with Gasteiger partial charge in [-0.25, -0.2) is 4.39 Å². The standard InChI is InChI=1S/C17H21FN2O4S/c18-13-3-5-14(6-4-13)25-9-7-16(22)24-11-15(21)20-8-1-2-12(10-20)17(19)23/h3-6,12H,1-2,7-11H2,(H2,19,23)/t12-/m1/s1. The molecule has 1 aliphatic rings. The fourth-order valence-electron chi connectivity index (χ4n) is 2.52. The van der Waals surface area contributed by atoms with E-state index < -0.39 is 11.9 Å². The highest BCUT2D eigenvalue weighted by atomic mass is 32.2. The van der Waals surface area contributed by atoms with Crippen LogP contribution in [0.1, 0.15) is 19.3 Å². The maximum atomic E-state index is 12.8. The van der Waals surface area contributed by atoms with Gasteiger partial charge in [0.1, 0.15) is 5.82 Å². The Bertz CT molecular complexity index is 624. The predicted octanol–water partition coefficient (Wildman–Crippen LogP) is 1.57. The molecule has 2 rings (SSSR count). The molecule has 0 bridgehead atoms. The van der Waals surface area contributed by atoms with Gasteiger partial charge in [0.15, 0.2) is 6.61 Å². The Hall–Kier alpha value is -2.09. The lowest BCUT2D eigenvalue weighted by Gasteiger charge is -2.31. The van der Waals surface area contributed by atoms with Crippen LogP contribution in [0.25, 0.3) is 0 Å². The van der Waals surface area contributed by atoms with Crippen LogP contribution < -0.4 is 5.73 Å². The number of ether oxygens (including phenoxy) is 1. The van der Waals surface area contributed by atoms with E-state index in [0.717, 1.165) is 4.90 Å². The highest BCUT2D eigenvalue weighted by Gasteiger charge is 2.27. The van der Waals surface area contributed by atoms with Crippen molar-refractivity contribution in [3.05, 3.63) is 30.1 Å². The fourth-order valence-corrected chi connectivity index (χ4v) is 3.36. The summed E-state index contributed by atoms with van der Waals surface area (Å²) in [6, 6.07) is 6.00. The van der Waals surface area contributed by atoms with Gasteiger partial charge in [-0.15, -0.1) is 11.8 Å². The van der Waals surface area contributed by atoms with Gasteiger partial charge in [-0.1, -0.05) is 0 Å². The smallest absolute Gasteiger partial charge is 0.307 e. The maximum Gasteiger partial charge on any atom is 0.307 e. The Morgan fingerprint density at radius 3 is 2.68 bits per heavy atom. The van der Waals surface area contributed by atoms with Crippen molar-refractivity contribution in [1.82, 2.24) is 4.90 Å². The molecule has 8 heteroatoms. The van der Waals surface area contributed by atoms with E-state index in [1.165, 1.54) is 28.8 Å². The van der Waals surface area contributed by atoms with E-state index in [4.69, 9.17) is 10.5 Å². The van der Waals surface area contributed by atoms with Gasteiger partial charge in [-0.3, -0.25) is 14.4 Å². The lowest BCUT2D eigenvalue weighted by Crippen LogP contribution is -2.45. The number of thioether (sulfide) groups is 1. The van der Waals surface area contributed by atoms with Gasteiger partial charge in [0.05, 0.1) is 12.3 Å². The molecule has 2 N–H and O–H groups in total. The summed E-state index contributed by atoms with van der Waals surface area (Å²) in [6.07, 6.45) is 1.54. The molecule has 1 aromatic carbocycles. The number of esters is 1. The molecular formula is C17H21FN2O4S. The minimum absolute atomic E-state index is 0.152. The molecule has 1 aromatic rings. The Morgan fingerprint density at radius 1 is 1.28 bits per heavy atom. The van der Waals surface area contributed by atoms with Crippen LogP contribution in [0.3, 0.4) is 0 Å². The van der Waals surface area contributed by atoms with Crippen LogP contribution in [-0.2, 0) is 19.1 Å². The van der Waals surface area contributed by atoms with Crippen LogP contribution in [0.2, 0.25) is 0 Å². The number of carbonyl (C=O) groups excluding carboxylic acids is 3. The van der Waals surface area contributed by atoms with E-state index in [1.54, 1.807) is 12.1 Å². The summed E-state index contributed by atoms with van der Waals surface area (Å²) < 4.78 is 17.8. The normalized spacial score (nSPS) is 17.2. The number of benzene rings is 1. The second-order valence-electron chi connectivity index (χ2n) is 5.79. The van der Waals surface area contributed by atoms with Gasteiger partial charge < -0.3 is 15.4 Å². The van der Waals surface area contributed by atoms with Gasteiger partial charge >= 0.3 is 5.97 Å². The number of primary amides is 1. The Morgan fingerprint density at radius 2 is 2.00 bits per heavy atom. The lowest BCUT2D eigenvalue weighted by atomic mass is 9.97. The number of nitrogens with two attached hydrogens (primary N) is 1. The van der Waals surface area contributed by atoms with Crippen LogP contribution in [-0.4, -0.2) is 48.1 Å². The predicted molar refractivity (Wildman–Crippen MR) is 91.2 cm³/mol. The van der Waals surface area contributed by atoms with Crippen molar-refractivity contribution in [2.24, 2.45) is 11.7 Å². The largest absolute Gasteiger partial charge is 0.456 e. The number of rotatable bonds is 7. The number of hydrogen-bond donors (Lipinski definition) is 1. The molecule has 1 heterocycles. The van der Waals surface area contributed by atoms with Crippen LogP contribution in [0.5, 0.6) is 0 Å². The Labute approximate surface area is 149 Å². The van der Waals surface area contributed by atoms with Crippen molar-refractivity contribution in [3.8, 4) is 0 Å². The number of piperidine rings is 1. The number of nitrogens with zero attached hydrogens (tertiary/aromatic N) is 1. The first-order chi connectivity index (χ1) is 12.0. The molecule has 1 atom stereocenters. The van der Waals surface area contributed by atoms with Crippen LogP contribution in [0.15, 0.2) is 29.2 Å². The molecule has 136 valence electrons. The molecule has 0 radical (unpaired) electrons. The first kappa shape index (κ1) is 19.2. The van der Waals surface area contributed by atoms with E-state index in [2.05, 4.69) is 0 Å². The third-order valence-electron chi connectivity index (χ3n) is 3.92. The molecular weight excluding hydrogens is 347 g/mol. The minimum Gasteiger partial charge on any atom is -0.456 e. The van der Waals surface area contributed by atoms with Crippen LogP contribution >= 0.6 is 11.8 Å². The summed E-state index contributed by atoms with van der Waals surface area (Å²) >= 11 is 1.41. The number of halogens is 1. The van der Waals surface area contributed by atoms with Crippen molar-refractivity contribution in [1.29, 1.82) is 0 Å². The third kappa shape index (κ3) is 6.38. The van der Waals surface area contributed by atoms with Crippen molar-refractivity contribution in [2.45, 2.75) is 24.2 Å². The fraction of sp³-hybridized carbons (Fsp3) is 0.471. The van der Waals surface area contributed by atoms with Gasteiger partial charge in [0, 0.05) is 23.7 Å². The SMILES string of the molecule is NC(=O)[C@@H]1CCCN(C(=O)COC(=O)CCSc2ccc(F)cc2)C1. The first-order valence-electron chi connectivity index (χ1n) is 8.07. The monoisotopic (exact) mass is 368 g/mol. The van der Waals surface area contributed by atoms with Crippen molar-refractivity contribution >= 4 is 29.5 Å². The number of likely N-dealkylation sites (tertiary alicyclic amines) is 1. The van der Waals surface area contributed by atoms with Crippen molar-refractivity contribution in [2.75, 3.05) is 25.4 Å². The summed E-state index contributed by atoms with van der Waals surface area (Å²) in [5.74, 6) is -1.35. The molecule has 1 fully saturated rings. The third-order valence-corrected chi connectivity index (χ3v) is 4.94. The first-order valence-corrected chi connectivity index (χ1v) is 9.05. The second-order valence-corrected chi connectivity index (χ2v) is 6.96. The summed E-state index contributed by atoms with van der Waals surface area (Å²) in [5.41, 5.74) is 5.28. The second kappa shape index (κ2) is 9.41. The minimum atomic E-state index is -0.466. The van der Waals surface area contributed by atoms with E-state index in [-0.39, 0.29) is 37.2 Å².